The van der Waals surface area contributed by atoms with E-state index in [4.69, 9.17) is 4.74 Å². The third-order valence-corrected chi connectivity index (χ3v) is 4.28. The van der Waals surface area contributed by atoms with Gasteiger partial charge in [0.05, 0.1) is 7.11 Å². The zero-order valence-corrected chi connectivity index (χ0v) is 15.4. The Morgan fingerprint density at radius 2 is 1.92 bits per heavy atom. The van der Waals surface area contributed by atoms with Gasteiger partial charge in [0.15, 0.2) is 0 Å². The molecule has 0 amide bonds. The smallest absolute Gasteiger partial charge is 0.320 e. The van der Waals surface area contributed by atoms with E-state index >= 15 is 0 Å². The quantitative estimate of drug-likeness (QED) is 0.753. The Kier molecular flexibility index (Phi) is 6.59. The Labute approximate surface area is 149 Å². The molecule has 25 heavy (non-hydrogen) atoms. The summed E-state index contributed by atoms with van der Waals surface area (Å²) in [5.74, 6) is 0.259. The lowest BCUT2D eigenvalue weighted by Gasteiger charge is -2.18. The van der Waals surface area contributed by atoms with Crippen LogP contribution in [0.4, 0.5) is 0 Å². The van der Waals surface area contributed by atoms with Crippen LogP contribution in [0.2, 0.25) is 0 Å². The molecule has 2 N–H and O–H groups in total. The molecule has 1 unspecified atom stereocenters. The summed E-state index contributed by atoms with van der Waals surface area (Å²) in [6.45, 7) is 6.58. The molecular formula is C21H27NO3. The van der Waals surface area contributed by atoms with Crippen molar-refractivity contribution >= 4 is 5.97 Å². The molecule has 0 saturated heterocycles. The number of rotatable bonds is 8. The van der Waals surface area contributed by atoms with Crippen molar-refractivity contribution in [1.82, 2.24) is 5.32 Å². The second kappa shape index (κ2) is 8.67. The minimum atomic E-state index is -0.817. The lowest BCUT2D eigenvalue weighted by molar-refractivity contribution is -0.140. The Bertz CT molecular complexity index is 725. The molecule has 1 atom stereocenters. The summed E-state index contributed by atoms with van der Waals surface area (Å²) in [6, 6.07) is 13.7. The number of carbonyl (C=O) groups is 1. The van der Waals surface area contributed by atoms with Crippen molar-refractivity contribution in [3.8, 4) is 16.9 Å². The second-order valence-corrected chi connectivity index (χ2v) is 6.74. The molecule has 0 aromatic heterocycles. The van der Waals surface area contributed by atoms with Gasteiger partial charge in [-0.1, -0.05) is 44.2 Å². The van der Waals surface area contributed by atoms with Crippen LogP contribution in [0.5, 0.6) is 5.75 Å². The fourth-order valence-electron chi connectivity index (χ4n) is 2.96. The van der Waals surface area contributed by atoms with E-state index in [1.807, 2.05) is 38.1 Å². The molecule has 2 aromatic rings. The molecule has 0 spiro atoms. The summed E-state index contributed by atoms with van der Waals surface area (Å²) in [5, 5.41) is 12.6. The average molecular weight is 341 g/mol. The molecule has 0 aliphatic heterocycles. The first-order chi connectivity index (χ1) is 11.9. The molecule has 0 heterocycles. The Hall–Kier alpha value is -2.33. The number of nitrogens with one attached hydrogen (secondary N) is 1. The Morgan fingerprint density at radius 1 is 1.20 bits per heavy atom. The third-order valence-electron chi connectivity index (χ3n) is 4.28. The topological polar surface area (TPSA) is 58.6 Å². The normalized spacial score (nSPS) is 12.2. The number of ether oxygens (including phenoxy) is 1. The number of hydrogen-bond donors (Lipinski definition) is 2. The van der Waals surface area contributed by atoms with Crippen LogP contribution in [0.15, 0.2) is 42.5 Å². The van der Waals surface area contributed by atoms with E-state index in [1.165, 1.54) is 11.1 Å². The molecule has 0 radical (unpaired) electrons. The van der Waals surface area contributed by atoms with Crippen molar-refractivity contribution in [2.24, 2.45) is 5.92 Å². The molecule has 0 bridgehead atoms. The highest BCUT2D eigenvalue weighted by Gasteiger charge is 2.19. The first-order valence-corrected chi connectivity index (χ1v) is 8.61. The van der Waals surface area contributed by atoms with Gasteiger partial charge in [0.2, 0.25) is 0 Å². The maximum absolute atomic E-state index is 11.5. The van der Waals surface area contributed by atoms with Gasteiger partial charge in [-0.15, -0.1) is 0 Å². The van der Waals surface area contributed by atoms with E-state index in [1.54, 1.807) is 7.11 Å². The van der Waals surface area contributed by atoms with Gasteiger partial charge in [-0.2, -0.15) is 0 Å². The molecule has 2 rings (SSSR count). The van der Waals surface area contributed by atoms with E-state index in [2.05, 4.69) is 30.4 Å². The summed E-state index contributed by atoms with van der Waals surface area (Å²) in [7, 11) is 1.63. The predicted molar refractivity (Wildman–Crippen MR) is 101 cm³/mol. The van der Waals surface area contributed by atoms with Crippen LogP contribution < -0.4 is 10.1 Å². The fraction of sp³-hybridized carbons (Fsp3) is 0.381. The zero-order valence-electron chi connectivity index (χ0n) is 15.4. The molecule has 0 aliphatic rings. The molecule has 0 saturated carbocycles. The molecule has 0 aliphatic carbocycles. The Balaban J connectivity index is 2.25. The van der Waals surface area contributed by atoms with Crippen molar-refractivity contribution < 1.29 is 14.6 Å². The molecule has 134 valence electrons. The predicted octanol–water partition coefficient (Wildman–Crippen LogP) is 4.26. The first kappa shape index (κ1) is 19.0. The number of carboxylic acids is 1. The molecule has 4 heteroatoms. The van der Waals surface area contributed by atoms with Crippen LogP contribution in [0.1, 0.15) is 31.4 Å². The van der Waals surface area contributed by atoms with Crippen LogP contribution in [0.25, 0.3) is 11.1 Å². The summed E-state index contributed by atoms with van der Waals surface area (Å²) in [5.41, 5.74) is 4.43. The minimum absolute atomic E-state index is 0.314. The highest BCUT2D eigenvalue weighted by atomic mass is 16.5. The number of methoxy groups -OCH3 is 1. The maximum Gasteiger partial charge on any atom is 0.320 e. The number of carboxylic acid groups (broad SMARTS) is 1. The molecule has 0 fully saturated rings. The largest absolute Gasteiger partial charge is 0.496 e. The second-order valence-electron chi connectivity index (χ2n) is 6.74. The van der Waals surface area contributed by atoms with E-state index in [0.717, 1.165) is 16.9 Å². The number of aliphatic carboxylic acids is 1. The van der Waals surface area contributed by atoms with E-state index in [-0.39, 0.29) is 0 Å². The van der Waals surface area contributed by atoms with Gasteiger partial charge in [-0.25, -0.2) is 0 Å². The van der Waals surface area contributed by atoms with Gasteiger partial charge in [-0.3, -0.25) is 4.79 Å². The number of benzene rings is 2. The van der Waals surface area contributed by atoms with Crippen LogP contribution in [-0.4, -0.2) is 24.2 Å². The van der Waals surface area contributed by atoms with Gasteiger partial charge in [0, 0.05) is 12.1 Å². The SMILES string of the molecule is COc1ccc(-c2ccccc2C)cc1CNC(CC(C)C)C(=O)O. The van der Waals surface area contributed by atoms with Gasteiger partial charge in [0.25, 0.3) is 0 Å². The summed E-state index contributed by atoms with van der Waals surface area (Å²) in [6.07, 6.45) is 0.592. The molecule has 4 nitrogen and oxygen atoms in total. The van der Waals surface area contributed by atoms with Crippen molar-refractivity contribution in [3.63, 3.8) is 0 Å². The monoisotopic (exact) mass is 341 g/mol. The highest BCUT2D eigenvalue weighted by molar-refractivity contribution is 5.73. The molecule has 2 aromatic carbocycles. The first-order valence-electron chi connectivity index (χ1n) is 8.61. The van der Waals surface area contributed by atoms with Crippen molar-refractivity contribution in [1.29, 1.82) is 0 Å². The van der Waals surface area contributed by atoms with E-state index < -0.39 is 12.0 Å². The number of hydrogen-bond acceptors (Lipinski definition) is 3. The van der Waals surface area contributed by atoms with Crippen molar-refractivity contribution in [2.45, 2.75) is 39.8 Å². The minimum Gasteiger partial charge on any atom is -0.496 e. The van der Waals surface area contributed by atoms with Gasteiger partial charge >= 0.3 is 5.97 Å². The third kappa shape index (κ3) is 5.07. The Morgan fingerprint density at radius 3 is 2.52 bits per heavy atom. The van der Waals surface area contributed by atoms with Gasteiger partial charge < -0.3 is 15.2 Å². The standard InChI is InChI=1S/C21H27NO3/c1-14(2)11-19(21(23)24)22-13-17-12-16(9-10-20(17)25-4)18-8-6-5-7-15(18)3/h5-10,12,14,19,22H,11,13H2,1-4H3,(H,23,24). The van der Waals surface area contributed by atoms with Gasteiger partial charge in [-0.05, 0) is 48.1 Å². The van der Waals surface area contributed by atoms with Crippen molar-refractivity contribution in [2.75, 3.05) is 7.11 Å². The van der Waals surface area contributed by atoms with E-state index in [0.29, 0.717) is 18.9 Å². The summed E-state index contributed by atoms with van der Waals surface area (Å²) < 4.78 is 5.45. The van der Waals surface area contributed by atoms with Crippen molar-refractivity contribution in [3.05, 3.63) is 53.6 Å². The lowest BCUT2D eigenvalue weighted by atomic mass is 9.98. The van der Waals surface area contributed by atoms with Gasteiger partial charge in [0.1, 0.15) is 11.8 Å². The fourth-order valence-corrected chi connectivity index (χ4v) is 2.96. The lowest BCUT2D eigenvalue weighted by Crippen LogP contribution is -2.37. The molecular weight excluding hydrogens is 314 g/mol. The highest BCUT2D eigenvalue weighted by Crippen LogP contribution is 2.28. The zero-order chi connectivity index (χ0) is 18.4. The number of aryl methyl sites for hydroxylation is 1. The maximum atomic E-state index is 11.5. The van der Waals surface area contributed by atoms with Crippen LogP contribution in [-0.2, 0) is 11.3 Å². The summed E-state index contributed by atoms with van der Waals surface area (Å²) in [4.78, 5) is 11.5. The van der Waals surface area contributed by atoms with Crippen LogP contribution >= 0.6 is 0 Å². The average Bonchev–Trinajstić information content (AvgIpc) is 2.58. The van der Waals surface area contributed by atoms with E-state index in [9.17, 15) is 9.90 Å². The van der Waals surface area contributed by atoms with Crippen LogP contribution in [0.3, 0.4) is 0 Å². The summed E-state index contributed by atoms with van der Waals surface area (Å²) >= 11 is 0. The van der Waals surface area contributed by atoms with Crippen LogP contribution in [0, 0.1) is 12.8 Å².